The number of hydrogen-bond acceptors (Lipinski definition) is 7. The number of carbonyl (C=O) groups excluding carboxylic acids is 1. The maximum Gasteiger partial charge on any atom is 0.410 e. The van der Waals surface area contributed by atoms with E-state index in [0.717, 1.165) is 5.69 Å². The van der Waals surface area contributed by atoms with Gasteiger partial charge in [-0.3, -0.25) is 9.48 Å². The molecule has 3 aromatic heterocycles. The molecule has 0 saturated heterocycles. The smallest absolute Gasteiger partial charge is 0.410 e. The molecule has 0 fully saturated rings. The highest BCUT2D eigenvalue weighted by Crippen LogP contribution is 2.40. The molecule has 0 atom stereocenters. The summed E-state index contributed by atoms with van der Waals surface area (Å²) in [5.41, 5.74) is 3.74. The minimum absolute atomic E-state index is 0.148. The molecule has 0 aliphatic carbocycles. The lowest BCUT2D eigenvalue weighted by Crippen LogP contribution is -2.41. The number of ether oxygens (including phenoxy) is 2. The summed E-state index contributed by atoms with van der Waals surface area (Å²) in [7, 11) is 1.67. The van der Waals surface area contributed by atoms with Crippen molar-refractivity contribution in [1.29, 1.82) is 0 Å². The summed E-state index contributed by atoms with van der Waals surface area (Å²) in [6.45, 7) is 12.4. The van der Waals surface area contributed by atoms with Crippen LogP contribution in [0.5, 0.6) is 5.75 Å². The van der Waals surface area contributed by atoms with Gasteiger partial charge in [-0.15, -0.1) is 0 Å². The van der Waals surface area contributed by atoms with Crippen molar-refractivity contribution in [1.82, 2.24) is 29.2 Å². The number of rotatable bonds is 5. The number of amides is 1. The number of aryl methyl sites for hydroxylation is 2. The lowest BCUT2D eigenvalue weighted by atomic mass is 9.98. The SMILES string of the molecule is Cc1nc(-c2ccc(=O)n(C)c2)nc(-c2cc3n(n2)CCN(C(=O)OC(C)(C)C)C3)c1-c1ccc(F)cc1OC(C)C. The van der Waals surface area contributed by atoms with Gasteiger partial charge in [-0.2, -0.15) is 5.10 Å². The quantitative estimate of drug-likeness (QED) is 0.316. The summed E-state index contributed by atoms with van der Waals surface area (Å²) in [5.74, 6) is 0.362. The van der Waals surface area contributed by atoms with Crippen LogP contribution in [0.4, 0.5) is 9.18 Å². The first-order chi connectivity index (χ1) is 19.8. The highest BCUT2D eigenvalue weighted by molar-refractivity contribution is 5.85. The Morgan fingerprint density at radius 1 is 1.07 bits per heavy atom. The molecule has 0 bridgehead atoms. The topological polar surface area (TPSA) is 104 Å². The van der Waals surface area contributed by atoms with Crippen molar-refractivity contribution in [3.63, 3.8) is 0 Å². The molecule has 42 heavy (non-hydrogen) atoms. The lowest BCUT2D eigenvalue weighted by molar-refractivity contribution is 0.0194. The molecule has 1 aliphatic heterocycles. The van der Waals surface area contributed by atoms with Crippen molar-refractivity contribution in [2.45, 2.75) is 66.3 Å². The fourth-order valence-electron chi connectivity index (χ4n) is 4.85. The van der Waals surface area contributed by atoms with E-state index in [2.05, 4.69) is 0 Å². The van der Waals surface area contributed by atoms with E-state index in [9.17, 15) is 14.0 Å². The number of fused-ring (bicyclic) bond motifs is 1. The van der Waals surface area contributed by atoms with Crippen LogP contribution < -0.4 is 10.3 Å². The van der Waals surface area contributed by atoms with Gasteiger partial charge in [-0.25, -0.2) is 19.2 Å². The predicted molar refractivity (Wildman–Crippen MR) is 156 cm³/mol. The first kappa shape index (κ1) is 29.0. The Labute approximate surface area is 243 Å². The molecule has 0 radical (unpaired) electrons. The third kappa shape index (κ3) is 6.05. The zero-order valence-electron chi connectivity index (χ0n) is 24.9. The van der Waals surface area contributed by atoms with Gasteiger partial charge >= 0.3 is 6.09 Å². The second-order valence-electron chi connectivity index (χ2n) is 11.7. The number of pyridine rings is 1. The molecule has 5 rings (SSSR count). The predicted octanol–water partition coefficient (Wildman–Crippen LogP) is 5.36. The van der Waals surface area contributed by atoms with Gasteiger partial charge in [-0.1, -0.05) is 0 Å². The third-order valence-electron chi connectivity index (χ3n) is 6.70. The number of carbonyl (C=O) groups is 1. The highest BCUT2D eigenvalue weighted by atomic mass is 19.1. The van der Waals surface area contributed by atoms with E-state index < -0.39 is 11.4 Å². The summed E-state index contributed by atoms with van der Waals surface area (Å²) in [5, 5.41) is 4.87. The molecule has 11 heteroatoms. The summed E-state index contributed by atoms with van der Waals surface area (Å²) < 4.78 is 29.3. The van der Waals surface area contributed by atoms with Gasteiger partial charge < -0.3 is 18.9 Å². The van der Waals surface area contributed by atoms with Crippen LogP contribution in [0.25, 0.3) is 33.9 Å². The third-order valence-corrected chi connectivity index (χ3v) is 6.70. The van der Waals surface area contributed by atoms with Crippen LogP contribution in [0.2, 0.25) is 0 Å². The average Bonchev–Trinajstić information content (AvgIpc) is 3.32. The number of nitrogens with zero attached hydrogens (tertiary/aromatic N) is 6. The van der Waals surface area contributed by atoms with Crippen LogP contribution in [0.15, 0.2) is 47.4 Å². The Hall–Kier alpha value is -4.54. The van der Waals surface area contributed by atoms with Crippen molar-refractivity contribution in [2.75, 3.05) is 6.54 Å². The van der Waals surface area contributed by atoms with Crippen LogP contribution in [-0.4, -0.2) is 53.6 Å². The molecule has 4 aromatic rings. The van der Waals surface area contributed by atoms with Crippen molar-refractivity contribution >= 4 is 6.09 Å². The van der Waals surface area contributed by atoms with E-state index in [1.54, 1.807) is 30.3 Å². The van der Waals surface area contributed by atoms with Crippen molar-refractivity contribution in [2.24, 2.45) is 7.05 Å². The molecule has 0 spiro atoms. The van der Waals surface area contributed by atoms with Gasteiger partial charge in [-0.05, 0) is 65.8 Å². The van der Waals surface area contributed by atoms with Crippen LogP contribution >= 0.6 is 0 Å². The van der Waals surface area contributed by atoms with E-state index in [1.807, 2.05) is 52.3 Å². The Morgan fingerprint density at radius 3 is 2.52 bits per heavy atom. The van der Waals surface area contributed by atoms with E-state index in [0.29, 0.717) is 65.0 Å². The number of hydrogen-bond donors (Lipinski definition) is 0. The van der Waals surface area contributed by atoms with E-state index >= 15 is 0 Å². The summed E-state index contributed by atoms with van der Waals surface area (Å²) in [6.07, 6.45) is 1.11. The largest absolute Gasteiger partial charge is 0.490 e. The Balaban J connectivity index is 1.66. The maximum atomic E-state index is 14.4. The minimum Gasteiger partial charge on any atom is -0.490 e. The fourth-order valence-corrected chi connectivity index (χ4v) is 4.85. The molecule has 220 valence electrons. The van der Waals surface area contributed by atoms with Gasteiger partial charge in [0.15, 0.2) is 5.82 Å². The summed E-state index contributed by atoms with van der Waals surface area (Å²) in [4.78, 5) is 36.2. The van der Waals surface area contributed by atoms with E-state index in [4.69, 9.17) is 24.5 Å². The number of benzene rings is 1. The van der Waals surface area contributed by atoms with Gasteiger partial charge in [0, 0.05) is 48.6 Å². The van der Waals surface area contributed by atoms with Crippen molar-refractivity contribution in [3.05, 3.63) is 70.2 Å². The Bertz CT molecular complexity index is 1720. The van der Waals surface area contributed by atoms with Crippen LogP contribution in [-0.2, 0) is 24.9 Å². The zero-order chi connectivity index (χ0) is 30.3. The molecule has 1 amide bonds. The Morgan fingerprint density at radius 2 is 1.83 bits per heavy atom. The zero-order valence-corrected chi connectivity index (χ0v) is 24.9. The monoisotopic (exact) mass is 574 g/mol. The van der Waals surface area contributed by atoms with Crippen LogP contribution in [0.1, 0.15) is 46.0 Å². The van der Waals surface area contributed by atoms with Crippen molar-refractivity contribution in [3.8, 4) is 39.7 Å². The fraction of sp³-hybridized carbons (Fsp3) is 0.387. The molecule has 10 nitrogen and oxygen atoms in total. The van der Waals surface area contributed by atoms with Gasteiger partial charge in [0.25, 0.3) is 0 Å². The second-order valence-corrected chi connectivity index (χ2v) is 11.7. The Kier molecular flexibility index (Phi) is 7.61. The molecule has 1 aromatic carbocycles. The normalized spacial score (nSPS) is 13.3. The first-order valence-electron chi connectivity index (χ1n) is 13.9. The molecule has 0 unspecified atom stereocenters. The molecular weight excluding hydrogens is 539 g/mol. The van der Waals surface area contributed by atoms with E-state index in [-0.39, 0.29) is 17.8 Å². The lowest BCUT2D eigenvalue weighted by Gasteiger charge is -2.30. The van der Waals surface area contributed by atoms with Crippen LogP contribution in [0.3, 0.4) is 0 Å². The maximum absolute atomic E-state index is 14.4. The second kappa shape index (κ2) is 11.0. The first-order valence-corrected chi connectivity index (χ1v) is 13.9. The number of halogens is 1. The molecule has 0 N–H and O–H groups in total. The summed E-state index contributed by atoms with van der Waals surface area (Å²) in [6, 6.07) is 9.45. The molecule has 0 saturated carbocycles. The molecular formula is C31H35FN6O4. The highest BCUT2D eigenvalue weighted by Gasteiger charge is 2.29. The van der Waals surface area contributed by atoms with Crippen LogP contribution in [0, 0.1) is 12.7 Å². The van der Waals surface area contributed by atoms with E-state index in [1.165, 1.54) is 22.8 Å². The van der Waals surface area contributed by atoms with Crippen molar-refractivity contribution < 1.29 is 18.7 Å². The summed E-state index contributed by atoms with van der Waals surface area (Å²) >= 11 is 0. The molecule has 1 aliphatic rings. The van der Waals surface area contributed by atoms with Gasteiger partial charge in [0.05, 0.1) is 30.6 Å². The number of aromatic nitrogens is 5. The standard InChI is InChI=1S/C31H35FN6O4/c1-18(2)41-25-14-21(32)9-10-23(25)27-19(3)33-29(20-8-11-26(39)36(7)16-20)34-28(27)24-15-22-17-37(12-13-38(22)35-24)30(40)42-31(4,5)6/h8-11,14-16,18H,12-13,17H2,1-7H3. The van der Waals surface area contributed by atoms with Gasteiger partial charge in [0.2, 0.25) is 5.56 Å². The average molecular weight is 575 g/mol. The molecule has 4 heterocycles. The minimum atomic E-state index is -0.602. The van der Waals surface area contributed by atoms with Gasteiger partial charge in [0.1, 0.15) is 28.6 Å².